The van der Waals surface area contributed by atoms with Crippen LogP contribution in [0.25, 0.3) is 0 Å². The quantitative estimate of drug-likeness (QED) is 0.536. The van der Waals surface area contributed by atoms with E-state index in [0.717, 1.165) is 5.56 Å². The second-order valence-corrected chi connectivity index (χ2v) is 15.5. The summed E-state index contributed by atoms with van der Waals surface area (Å²) in [5.74, 6) is 0. The molecular weight excluding hydrogens is 378 g/mol. The van der Waals surface area contributed by atoms with E-state index in [9.17, 15) is 13.2 Å². The summed E-state index contributed by atoms with van der Waals surface area (Å²) in [6.07, 6.45) is 0.577. The fraction of sp³-hybridized carbons (Fsp3) is 0.600. The van der Waals surface area contributed by atoms with Crippen LogP contribution in [-0.4, -0.2) is 39.1 Å². The number of carbonyl (C=O) groups is 1. The first-order valence-corrected chi connectivity index (χ1v) is 14.0. The number of alkyl carbamates (subject to hydrolysis) is 1. The Hall–Kier alpha value is -1.60. The summed E-state index contributed by atoms with van der Waals surface area (Å²) in [5.41, 5.74) is 0.367. The van der Waals surface area contributed by atoms with Gasteiger partial charge in [0.15, 0.2) is 0 Å². The number of ether oxygens (including phenoxy) is 1. The molecule has 1 rings (SSSR count). The van der Waals surface area contributed by atoms with Crippen LogP contribution in [0.1, 0.15) is 39.7 Å². The van der Waals surface area contributed by atoms with E-state index in [2.05, 4.69) is 25.0 Å². The van der Waals surface area contributed by atoms with Gasteiger partial charge in [-0.1, -0.05) is 56.9 Å². The molecule has 0 aliphatic rings. The number of benzene rings is 1. The Labute approximate surface area is 166 Å². The molecule has 0 bridgehead atoms. The van der Waals surface area contributed by atoms with Crippen LogP contribution in [0.2, 0.25) is 25.2 Å². The molecule has 0 aliphatic heterocycles. The molecule has 0 aromatic heterocycles. The van der Waals surface area contributed by atoms with E-state index < -0.39 is 36.1 Å². The van der Waals surface area contributed by atoms with E-state index in [0.29, 0.717) is 17.7 Å². The topological polar surface area (TPSA) is 72.5 Å². The van der Waals surface area contributed by atoms with Crippen molar-refractivity contribution in [1.29, 1.82) is 0 Å². The number of hydrogen-bond donors (Lipinski definition) is 1. The molecule has 0 fully saturated rings. The third-order valence-electron chi connectivity index (χ3n) is 4.52. The average Bonchev–Trinajstić information content (AvgIpc) is 2.50. The molecule has 0 aliphatic carbocycles. The van der Waals surface area contributed by atoms with Crippen molar-refractivity contribution in [1.82, 2.24) is 5.32 Å². The van der Waals surface area contributed by atoms with Gasteiger partial charge in [0.25, 0.3) is 0 Å². The molecule has 1 aromatic carbocycles. The summed E-state index contributed by atoms with van der Waals surface area (Å²) in [7, 11) is -4.15. The highest BCUT2D eigenvalue weighted by atomic mass is 32.2. The van der Waals surface area contributed by atoms with Gasteiger partial charge in [-0.2, -0.15) is 8.42 Å². The standard InChI is InChI=1S/C20H33NO4SSi/c1-15(27(5,6)7)18(26(23)24)17(21-19(22)25-20(2,3)4)14-13-16-11-9-8-10-12-16/h8-12,15,17H,13-14H2,1-7H3,(H,21,22)/t15?,17-/m0/s1. The van der Waals surface area contributed by atoms with Gasteiger partial charge >= 0.3 is 6.09 Å². The number of aryl methyl sites for hydroxylation is 1. The highest BCUT2D eigenvalue weighted by Crippen LogP contribution is 2.25. The largest absolute Gasteiger partial charge is 0.444 e. The van der Waals surface area contributed by atoms with Gasteiger partial charge in [0.05, 0.1) is 19.0 Å². The van der Waals surface area contributed by atoms with Gasteiger partial charge in [-0.3, -0.25) is 0 Å². The second-order valence-electron chi connectivity index (χ2n) is 8.95. The van der Waals surface area contributed by atoms with Gasteiger partial charge in [0.2, 0.25) is 10.3 Å². The molecule has 2 atom stereocenters. The van der Waals surface area contributed by atoms with E-state index >= 15 is 0 Å². The van der Waals surface area contributed by atoms with E-state index in [1.54, 1.807) is 20.8 Å². The zero-order valence-electron chi connectivity index (χ0n) is 17.5. The van der Waals surface area contributed by atoms with Gasteiger partial charge in [-0.25, -0.2) is 4.79 Å². The molecule has 0 radical (unpaired) electrons. The highest BCUT2D eigenvalue weighted by molar-refractivity contribution is 7.73. The predicted octanol–water partition coefficient (Wildman–Crippen LogP) is 4.29. The maximum absolute atomic E-state index is 12.3. The van der Waals surface area contributed by atoms with E-state index in [1.165, 1.54) is 0 Å². The molecule has 5 nitrogen and oxygen atoms in total. The van der Waals surface area contributed by atoms with Crippen molar-refractivity contribution in [3.05, 3.63) is 35.9 Å². The van der Waals surface area contributed by atoms with Crippen molar-refractivity contribution in [2.24, 2.45) is 0 Å². The van der Waals surface area contributed by atoms with Crippen LogP contribution in [0.3, 0.4) is 0 Å². The van der Waals surface area contributed by atoms with Gasteiger partial charge < -0.3 is 10.1 Å². The third kappa shape index (κ3) is 8.30. The molecule has 0 heterocycles. The third-order valence-corrected chi connectivity index (χ3v) is 8.66. The van der Waals surface area contributed by atoms with Gasteiger partial charge in [0.1, 0.15) is 5.60 Å². The molecule has 7 heteroatoms. The van der Waals surface area contributed by atoms with Crippen molar-refractivity contribution in [3.8, 4) is 0 Å². The fourth-order valence-electron chi connectivity index (χ4n) is 2.68. The zero-order valence-corrected chi connectivity index (χ0v) is 19.3. The van der Waals surface area contributed by atoms with Gasteiger partial charge in [0, 0.05) is 0 Å². The number of rotatable bonds is 7. The van der Waals surface area contributed by atoms with Crippen molar-refractivity contribution < 1.29 is 17.9 Å². The first-order valence-electron chi connectivity index (χ1n) is 9.30. The van der Waals surface area contributed by atoms with E-state index in [4.69, 9.17) is 4.74 Å². The summed E-state index contributed by atoms with van der Waals surface area (Å²) in [5, 5.41) is 2.81. The Balaban J connectivity index is 3.14. The molecule has 1 aromatic rings. The maximum atomic E-state index is 12.3. The van der Waals surface area contributed by atoms with Crippen molar-refractivity contribution in [2.45, 2.75) is 77.4 Å². The monoisotopic (exact) mass is 411 g/mol. The van der Waals surface area contributed by atoms with Gasteiger partial charge in [-0.15, -0.1) is 0 Å². The second kappa shape index (κ2) is 9.55. The lowest BCUT2D eigenvalue weighted by molar-refractivity contribution is 0.0516. The molecule has 152 valence electrons. The first-order chi connectivity index (χ1) is 12.3. The summed E-state index contributed by atoms with van der Waals surface area (Å²) in [4.78, 5) is 12.7. The lowest BCUT2D eigenvalue weighted by Gasteiger charge is -2.31. The Morgan fingerprint density at radius 3 is 2.15 bits per heavy atom. The zero-order chi connectivity index (χ0) is 20.8. The smallest absolute Gasteiger partial charge is 0.408 e. The minimum atomic E-state index is -2.38. The van der Waals surface area contributed by atoms with Crippen molar-refractivity contribution in [3.63, 3.8) is 0 Å². The van der Waals surface area contributed by atoms with Crippen LogP contribution in [0, 0.1) is 0 Å². The first kappa shape index (κ1) is 23.4. The molecule has 0 saturated carbocycles. The SMILES string of the molecule is CC(C([C@H](CCc1ccccc1)NC(=O)OC(C)(C)C)=S(=O)=O)[Si](C)(C)C. The minimum absolute atomic E-state index is 0.0912. The summed E-state index contributed by atoms with van der Waals surface area (Å²) in [6, 6.07) is 9.26. The molecule has 1 amide bonds. The van der Waals surface area contributed by atoms with Crippen LogP contribution in [0.15, 0.2) is 30.3 Å². The summed E-state index contributed by atoms with van der Waals surface area (Å²) in [6.45, 7) is 13.7. The number of carbonyl (C=O) groups excluding carboxylic acids is 1. The van der Waals surface area contributed by atoms with Crippen LogP contribution in [0.4, 0.5) is 4.79 Å². The van der Waals surface area contributed by atoms with Crippen molar-refractivity contribution in [2.75, 3.05) is 0 Å². The number of hydrogen-bond acceptors (Lipinski definition) is 4. The van der Waals surface area contributed by atoms with Crippen LogP contribution in [0.5, 0.6) is 0 Å². The normalized spacial score (nSPS) is 14.2. The summed E-state index contributed by atoms with van der Waals surface area (Å²) < 4.78 is 29.6. The minimum Gasteiger partial charge on any atom is -0.444 e. The molecule has 1 unspecified atom stereocenters. The number of amides is 1. The fourth-order valence-corrected chi connectivity index (χ4v) is 5.78. The van der Waals surface area contributed by atoms with Crippen LogP contribution in [-0.2, 0) is 21.5 Å². The Morgan fingerprint density at radius 2 is 1.70 bits per heavy atom. The Morgan fingerprint density at radius 1 is 1.15 bits per heavy atom. The summed E-state index contributed by atoms with van der Waals surface area (Å²) >= 11 is 0. The molecule has 0 saturated heterocycles. The molecular formula is C20H33NO4SSi. The number of nitrogens with one attached hydrogen (secondary N) is 1. The molecule has 0 spiro atoms. The van der Waals surface area contributed by atoms with E-state index in [1.807, 2.05) is 37.3 Å². The lowest BCUT2D eigenvalue weighted by Crippen LogP contribution is -2.48. The average molecular weight is 412 g/mol. The molecule has 1 N–H and O–H groups in total. The lowest BCUT2D eigenvalue weighted by atomic mass is 10.0. The van der Waals surface area contributed by atoms with Gasteiger partial charge in [-0.05, 0) is 44.7 Å². The van der Waals surface area contributed by atoms with Crippen LogP contribution >= 0.6 is 0 Å². The predicted molar refractivity (Wildman–Crippen MR) is 115 cm³/mol. The van der Waals surface area contributed by atoms with E-state index in [-0.39, 0.29) is 5.54 Å². The highest BCUT2D eigenvalue weighted by Gasteiger charge is 2.34. The van der Waals surface area contributed by atoms with Crippen LogP contribution < -0.4 is 5.32 Å². The molecule has 27 heavy (non-hydrogen) atoms. The Kier molecular flexibility index (Phi) is 8.29. The Bertz CT molecular complexity index is 753. The van der Waals surface area contributed by atoms with Crippen molar-refractivity contribution >= 4 is 29.3 Å². The maximum Gasteiger partial charge on any atom is 0.408 e.